The molecule has 0 saturated heterocycles. The van der Waals surface area contributed by atoms with E-state index in [9.17, 15) is 8.42 Å². The zero-order valence-electron chi connectivity index (χ0n) is 13.2. The van der Waals surface area contributed by atoms with Crippen LogP contribution >= 0.6 is 11.6 Å². The Morgan fingerprint density at radius 3 is 2.74 bits per heavy atom. The number of hydrogen-bond donors (Lipinski definition) is 0. The van der Waals surface area contributed by atoms with Crippen LogP contribution in [0.5, 0.6) is 0 Å². The van der Waals surface area contributed by atoms with Crippen molar-refractivity contribution in [3.63, 3.8) is 0 Å². The molecular formula is C14H18ClN5O2S. The van der Waals surface area contributed by atoms with Crippen LogP contribution in [-0.4, -0.2) is 45.9 Å². The Hall–Kier alpha value is -1.51. The number of halogens is 1. The van der Waals surface area contributed by atoms with E-state index in [-0.39, 0.29) is 5.16 Å². The van der Waals surface area contributed by atoms with E-state index < -0.39 is 9.84 Å². The molecule has 2 aromatic rings. The van der Waals surface area contributed by atoms with Crippen molar-refractivity contribution in [3.8, 4) is 0 Å². The maximum absolute atomic E-state index is 11.5. The van der Waals surface area contributed by atoms with Gasteiger partial charge in [0.25, 0.3) is 0 Å². The van der Waals surface area contributed by atoms with Crippen molar-refractivity contribution in [3.05, 3.63) is 33.9 Å². The van der Waals surface area contributed by atoms with Gasteiger partial charge in [-0.2, -0.15) is 5.10 Å². The average Bonchev–Trinajstić information content (AvgIpc) is 2.72. The van der Waals surface area contributed by atoms with Crippen LogP contribution in [-0.2, 0) is 36.4 Å². The number of fused-ring (bicyclic) bond motifs is 1. The lowest BCUT2D eigenvalue weighted by Gasteiger charge is -2.27. The summed E-state index contributed by atoms with van der Waals surface area (Å²) in [4.78, 5) is 10.4. The minimum Gasteiger partial charge on any atom is -0.294 e. The molecule has 23 heavy (non-hydrogen) atoms. The molecule has 1 aliphatic heterocycles. The first kappa shape index (κ1) is 16.4. The van der Waals surface area contributed by atoms with Gasteiger partial charge in [0.1, 0.15) is 5.15 Å². The van der Waals surface area contributed by atoms with Gasteiger partial charge in [-0.3, -0.25) is 9.58 Å². The maximum Gasteiger partial charge on any atom is 0.246 e. The predicted octanol–water partition coefficient (Wildman–Crippen LogP) is 1.13. The van der Waals surface area contributed by atoms with Gasteiger partial charge in [0, 0.05) is 56.7 Å². The molecular weight excluding hydrogens is 338 g/mol. The molecule has 3 rings (SSSR count). The zero-order valence-corrected chi connectivity index (χ0v) is 14.8. The molecule has 9 heteroatoms. The SMILES string of the molecule is Cc1nn(C)c(Cl)c1CN1CCc2nc(S(C)(=O)=O)ncc2C1. The molecule has 7 nitrogen and oxygen atoms in total. The molecule has 0 aliphatic carbocycles. The monoisotopic (exact) mass is 355 g/mol. The molecule has 0 fully saturated rings. The first-order valence-electron chi connectivity index (χ1n) is 7.21. The van der Waals surface area contributed by atoms with Gasteiger partial charge in [-0.25, -0.2) is 18.4 Å². The summed E-state index contributed by atoms with van der Waals surface area (Å²) in [7, 11) is -1.55. The van der Waals surface area contributed by atoms with Crippen molar-refractivity contribution >= 4 is 21.4 Å². The van der Waals surface area contributed by atoms with Crippen LogP contribution in [0.3, 0.4) is 0 Å². The minimum absolute atomic E-state index is 0.101. The summed E-state index contributed by atoms with van der Waals surface area (Å²) >= 11 is 6.29. The normalized spacial score (nSPS) is 15.7. The van der Waals surface area contributed by atoms with Gasteiger partial charge in [0.05, 0.1) is 11.4 Å². The number of aryl methyl sites for hydroxylation is 2. The van der Waals surface area contributed by atoms with E-state index in [1.54, 1.807) is 10.9 Å². The lowest BCUT2D eigenvalue weighted by molar-refractivity contribution is 0.241. The molecule has 3 heterocycles. The molecule has 0 radical (unpaired) electrons. The summed E-state index contributed by atoms with van der Waals surface area (Å²) in [5, 5.41) is 4.87. The molecule has 0 spiro atoms. The molecule has 124 valence electrons. The van der Waals surface area contributed by atoms with Gasteiger partial charge < -0.3 is 0 Å². The fourth-order valence-electron chi connectivity index (χ4n) is 2.75. The highest BCUT2D eigenvalue weighted by Gasteiger charge is 2.23. The van der Waals surface area contributed by atoms with Crippen molar-refractivity contribution in [2.75, 3.05) is 12.8 Å². The van der Waals surface area contributed by atoms with Crippen LogP contribution in [0.2, 0.25) is 5.15 Å². The van der Waals surface area contributed by atoms with Crippen LogP contribution in [0.25, 0.3) is 0 Å². The Bertz CT molecular complexity index is 862. The lowest BCUT2D eigenvalue weighted by Crippen LogP contribution is -2.31. The number of nitrogens with zero attached hydrogens (tertiary/aromatic N) is 5. The van der Waals surface area contributed by atoms with Crippen molar-refractivity contribution in [2.24, 2.45) is 7.05 Å². The lowest BCUT2D eigenvalue weighted by atomic mass is 10.1. The highest BCUT2D eigenvalue weighted by Crippen LogP contribution is 2.24. The fourth-order valence-corrected chi connectivity index (χ4v) is 3.50. The van der Waals surface area contributed by atoms with Crippen LogP contribution in [0.4, 0.5) is 0 Å². The summed E-state index contributed by atoms with van der Waals surface area (Å²) < 4.78 is 24.8. The standard InChI is InChI=1S/C14H18ClN5O2S/c1-9-11(13(15)19(2)18-9)8-20-5-4-12-10(7-20)6-16-14(17-12)23(3,21)22/h6H,4-5,7-8H2,1-3H3. The van der Waals surface area contributed by atoms with Crippen LogP contribution in [0, 0.1) is 6.92 Å². The first-order valence-corrected chi connectivity index (χ1v) is 9.48. The van der Waals surface area contributed by atoms with E-state index in [0.717, 1.165) is 35.3 Å². The average molecular weight is 356 g/mol. The maximum atomic E-state index is 11.5. The molecule has 0 atom stereocenters. The minimum atomic E-state index is -3.37. The van der Waals surface area contributed by atoms with Crippen molar-refractivity contribution in [1.29, 1.82) is 0 Å². The molecule has 0 aromatic carbocycles. The number of sulfone groups is 1. The van der Waals surface area contributed by atoms with Crippen LogP contribution in [0.1, 0.15) is 22.5 Å². The number of aromatic nitrogens is 4. The summed E-state index contributed by atoms with van der Waals surface area (Å²) in [5.74, 6) is 0. The first-order chi connectivity index (χ1) is 10.8. The summed E-state index contributed by atoms with van der Waals surface area (Å²) in [6, 6.07) is 0. The fraction of sp³-hybridized carbons (Fsp3) is 0.500. The topological polar surface area (TPSA) is 81.0 Å². The van der Waals surface area contributed by atoms with Crippen molar-refractivity contribution in [2.45, 2.75) is 31.6 Å². The van der Waals surface area contributed by atoms with E-state index in [0.29, 0.717) is 24.7 Å². The highest BCUT2D eigenvalue weighted by atomic mass is 35.5. The van der Waals surface area contributed by atoms with Crippen LogP contribution < -0.4 is 0 Å². The smallest absolute Gasteiger partial charge is 0.246 e. The number of hydrogen-bond acceptors (Lipinski definition) is 6. The third kappa shape index (κ3) is 3.24. The quantitative estimate of drug-likeness (QED) is 0.768. The molecule has 0 bridgehead atoms. The van der Waals surface area contributed by atoms with Gasteiger partial charge in [0.15, 0.2) is 0 Å². The van der Waals surface area contributed by atoms with Gasteiger partial charge in [0.2, 0.25) is 15.0 Å². The molecule has 0 unspecified atom stereocenters. The van der Waals surface area contributed by atoms with Gasteiger partial charge in [-0.1, -0.05) is 11.6 Å². The second-order valence-electron chi connectivity index (χ2n) is 5.84. The Morgan fingerprint density at radius 1 is 1.39 bits per heavy atom. The van der Waals surface area contributed by atoms with E-state index in [2.05, 4.69) is 20.0 Å². The molecule has 0 saturated carbocycles. The predicted molar refractivity (Wildman–Crippen MR) is 85.9 cm³/mol. The van der Waals surface area contributed by atoms with E-state index in [4.69, 9.17) is 11.6 Å². The molecule has 0 N–H and O–H groups in total. The Balaban J connectivity index is 1.81. The molecule has 0 amide bonds. The van der Waals surface area contributed by atoms with Gasteiger partial charge in [-0.15, -0.1) is 0 Å². The Labute approximate surface area is 140 Å². The van der Waals surface area contributed by atoms with E-state index in [1.165, 1.54) is 0 Å². The van der Waals surface area contributed by atoms with E-state index >= 15 is 0 Å². The number of rotatable bonds is 3. The van der Waals surface area contributed by atoms with Gasteiger partial charge in [-0.05, 0) is 6.92 Å². The summed E-state index contributed by atoms with van der Waals surface area (Å²) in [5.41, 5.74) is 3.71. The second kappa shape index (κ2) is 5.85. The molecule has 2 aromatic heterocycles. The van der Waals surface area contributed by atoms with Crippen molar-refractivity contribution < 1.29 is 8.42 Å². The Kier molecular flexibility index (Phi) is 4.16. The van der Waals surface area contributed by atoms with E-state index in [1.807, 2.05) is 14.0 Å². The summed E-state index contributed by atoms with van der Waals surface area (Å²) in [6.07, 6.45) is 3.43. The highest BCUT2D eigenvalue weighted by molar-refractivity contribution is 7.90. The van der Waals surface area contributed by atoms with Crippen molar-refractivity contribution in [1.82, 2.24) is 24.6 Å². The zero-order chi connectivity index (χ0) is 16.8. The molecule has 1 aliphatic rings. The largest absolute Gasteiger partial charge is 0.294 e. The Morgan fingerprint density at radius 2 is 2.13 bits per heavy atom. The van der Waals surface area contributed by atoms with Crippen LogP contribution in [0.15, 0.2) is 11.4 Å². The summed E-state index contributed by atoms with van der Waals surface area (Å²) in [6.45, 7) is 4.11. The third-order valence-electron chi connectivity index (χ3n) is 3.97. The second-order valence-corrected chi connectivity index (χ2v) is 8.10. The third-order valence-corrected chi connectivity index (χ3v) is 5.31. The van der Waals surface area contributed by atoms with Gasteiger partial charge >= 0.3 is 0 Å².